The molecule has 2 aromatic carbocycles. The number of ether oxygens (including phenoxy) is 2. The summed E-state index contributed by atoms with van der Waals surface area (Å²) in [7, 11) is 2.85. The van der Waals surface area contributed by atoms with E-state index in [0.717, 1.165) is 11.3 Å². The number of nitrogens with one attached hydrogen (secondary N) is 1. The number of aryl methyl sites for hydroxylation is 1. The molecule has 0 heterocycles. The molecule has 0 aromatic heterocycles. The van der Waals surface area contributed by atoms with Crippen molar-refractivity contribution < 1.29 is 19.4 Å². The van der Waals surface area contributed by atoms with Crippen LogP contribution in [0.3, 0.4) is 0 Å². The van der Waals surface area contributed by atoms with Gasteiger partial charge in [0.05, 0.1) is 26.1 Å². The van der Waals surface area contributed by atoms with Crippen LogP contribution < -0.4 is 14.9 Å². The number of hydrogen-bond donors (Lipinski definition) is 2. The zero-order valence-electron chi connectivity index (χ0n) is 13.2. The SMILES string of the molecule is COc1ccc(/C=N\Nc2ccccc2C)c(C(=O)O)c1OC. The van der Waals surface area contributed by atoms with Gasteiger partial charge in [0, 0.05) is 5.56 Å². The van der Waals surface area contributed by atoms with Crippen LogP contribution in [-0.4, -0.2) is 31.5 Å². The second kappa shape index (κ2) is 7.31. The van der Waals surface area contributed by atoms with Crippen molar-refractivity contribution in [1.29, 1.82) is 0 Å². The lowest BCUT2D eigenvalue weighted by Crippen LogP contribution is -2.07. The Bertz CT molecular complexity index is 741. The van der Waals surface area contributed by atoms with Crippen molar-refractivity contribution in [3.8, 4) is 11.5 Å². The fourth-order valence-electron chi connectivity index (χ4n) is 2.14. The molecule has 2 rings (SSSR count). The smallest absolute Gasteiger partial charge is 0.340 e. The van der Waals surface area contributed by atoms with Gasteiger partial charge in [-0.05, 0) is 30.7 Å². The number of nitrogens with zero attached hydrogens (tertiary/aromatic N) is 1. The van der Waals surface area contributed by atoms with Crippen LogP contribution in [-0.2, 0) is 0 Å². The molecule has 0 saturated carbocycles. The van der Waals surface area contributed by atoms with Crippen molar-refractivity contribution in [2.75, 3.05) is 19.6 Å². The Morgan fingerprint density at radius 2 is 1.91 bits per heavy atom. The summed E-state index contributed by atoms with van der Waals surface area (Å²) in [4.78, 5) is 11.5. The molecule has 0 amide bonds. The average molecular weight is 314 g/mol. The molecule has 2 aromatic rings. The van der Waals surface area contributed by atoms with E-state index < -0.39 is 5.97 Å². The van der Waals surface area contributed by atoms with Gasteiger partial charge in [0.1, 0.15) is 5.56 Å². The molecule has 0 aliphatic carbocycles. The number of aromatic carboxylic acids is 1. The van der Waals surface area contributed by atoms with E-state index in [2.05, 4.69) is 10.5 Å². The van der Waals surface area contributed by atoms with Crippen LogP contribution in [0.4, 0.5) is 5.69 Å². The minimum atomic E-state index is -1.11. The lowest BCUT2D eigenvalue weighted by atomic mass is 10.1. The van der Waals surface area contributed by atoms with Gasteiger partial charge in [-0.3, -0.25) is 5.43 Å². The van der Waals surface area contributed by atoms with Gasteiger partial charge in [0.25, 0.3) is 0 Å². The molecule has 0 saturated heterocycles. The molecule has 0 atom stereocenters. The number of rotatable bonds is 6. The number of para-hydroxylation sites is 1. The normalized spacial score (nSPS) is 10.6. The highest BCUT2D eigenvalue weighted by atomic mass is 16.5. The van der Waals surface area contributed by atoms with Gasteiger partial charge in [-0.1, -0.05) is 18.2 Å². The third-order valence-electron chi connectivity index (χ3n) is 3.33. The van der Waals surface area contributed by atoms with Crippen molar-refractivity contribution in [2.45, 2.75) is 6.92 Å². The number of carboxylic acid groups (broad SMARTS) is 1. The topological polar surface area (TPSA) is 80.2 Å². The standard InChI is InChI=1S/C17H18N2O4/c1-11-6-4-5-7-13(11)19-18-10-12-8-9-14(22-2)16(23-3)15(12)17(20)21/h4-10,19H,1-3H3,(H,20,21)/b18-10-. The van der Waals surface area contributed by atoms with E-state index in [-0.39, 0.29) is 11.3 Å². The Balaban J connectivity index is 2.34. The van der Waals surface area contributed by atoms with E-state index in [1.807, 2.05) is 31.2 Å². The first kappa shape index (κ1) is 16.4. The second-order valence-corrected chi connectivity index (χ2v) is 4.76. The number of hydrazone groups is 1. The molecule has 0 unspecified atom stereocenters. The van der Waals surface area contributed by atoms with Crippen molar-refractivity contribution in [3.63, 3.8) is 0 Å². The molecule has 23 heavy (non-hydrogen) atoms. The van der Waals surface area contributed by atoms with Crippen LogP contribution in [0.15, 0.2) is 41.5 Å². The monoisotopic (exact) mass is 314 g/mol. The fourth-order valence-corrected chi connectivity index (χ4v) is 2.14. The minimum Gasteiger partial charge on any atom is -0.493 e. The maximum atomic E-state index is 11.5. The van der Waals surface area contributed by atoms with Gasteiger partial charge in [0.2, 0.25) is 0 Å². The highest BCUT2D eigenvalue weighted by molar-refractivity contribution is 6.02. The molecule has 2 N–H and O–H groups in total. The van der Waals surface area contributed by atoms with Gasteiger partial charge in [0.15, 0.2) is 11.5 Å². The molecule has 0 radical (unpaired) electrons. The number of anilines is 1. The Labute approximate surface area is 134 Å². The summed E-state index contributed by atoms with van der Waals surface area (Å²) in [5.41, 5.74) is 5.20. The third kappa shape index (κ3) is 3.60. The minimum absolute atomic E-state index is 0.00202. The van der Waals surface area contributed by atoms with Crippen molar-refractivity contribution in [1.82, 2.24) is 0 Å². The fraction of sp³-hybridized carbons (Fsp3) is 0.176. The van der Waals surface area contributed by atoms with E-state index in [1.165, 1.54) is 20.4 Å². The molecule has 0 aliphatic heterocycles. The van der Waals surface area contributed by atoms with Gasteiger partial charge in [-0.25, -0.2) is 4.79 Å². The van der Waals surface area contributed by atoms with Crippen molar-refractivity contribution >= 4 is 17.9 Å². The summed E-state index contributed by atoms with van der Waals surface area (Å²) >= 11 is 0. The molecule has 0 spiro atoms. The quantitative estimate of drug-likeness (QED) is 0.632. The van der Waals surface area contributed by atoms with Gasteiger partial charge >= 0.3 is 5.97 Å². The Kier molecular flexibility index (Phi) is 5.19. The van der Waals surface area contributed by atoms with E-state index >= 15 is 0 Å². The van der Waals surface area contributed by atoms with Crippen molar-refractivity contribution in [2.24, 2.45) is 5.10 Å². The van der Waals surface area contributed by atoms with Gasteiger partial charge in [-0.15, -0.1) is 0 Å². The predicted octanol–water partition coefficient (Wildman–Crippen LogP) is 3.16. The number of carbonyl (C=O) groups is 1. The van der Waals surface area contributed by atoms with Gasteiger partial charge < -0.3 is 14.6 Å². The lowest BCUT2D eigenvalue weighted by molar-refractivity contribution is 0.0692. The first-order valence-electron chi connectivity index (χ1n) is 6.91. The zero-order valence-corrected chi connectivity index (χ0v) is 13.2. The Morgan fingerprint density at radius 3 is 2.52 bits per heavy atom. The van der Waals surface area contributed by atoms with Crippen LogP contribution >= 0.6 is 0 Å². The predicted molar refractivity (Wildman–Crippen MR) is 88.9 cm³/mol. The molecule has 0 aliphatic rings. The highest BCUT2D eigenvalue weighted by Gasteiger charge is 2.19. The maximum absolute atomic E-state index is 11.5. The van der Waals surface area contributed by atoms with E-state index in [1.54, 1.807) is 12.1 Å². The number of hydrogen-bond acceptors (Lipinski definition) is 5. The molecule has 6 nitrogen and oxygen atoms in total. The first-order chi connectivity index (χ1) is 11.1. The van der Waals surface area contributed by atoms with E-state index in [4.69, 9.17) is 9.47 Å². The van der Waals surface area contributed by atoms with Crippen molar-refractivity contribution in [3.05, 3.63) is 53.1 Å². The first-order valence-corrected chi connectivity index (χ1v) is 6.91. The number of carboxylic acids is 1. The summed E-state index contributed by atoms with van der Waals surface area (Å²) in [6.07, 6.45) is 1.44. The average Bonchev–Trinajstić information content (AvgIpc) is 2.55. The van der Waals surface area contributed by atoms with Crippen LogP contribution in [0.5, 0.6) is 11.5 Å². The Morgan fingerprint density at radius 1 is 1.17 bits per heavy atom. The summed E-state index contributed by atoms with van der Waals surface area (Å²) in [6, 6.07) is 10.9. The zero-order chi connectivity index (χ0) is 16.8. The largest absolute Gasteiger partial charge is 0.493 e. The lowest BCUT2D eigenvalue weighted by Gasteiger charge is -2.12. The van der Waals surface area contributed by atoms with Crippen LogP contribution in [0.2, 0.25) is 0 Å². The van der Waals surface area contributed by atoms with Crippen LogP contribution in [0, 0.1) is 6.92 Å². The molecular weight excluding hydrogens is 296 g/mol. The van der Waals surface area contributed by atoms with E-state index in [9.17, 15) is 9.90 Å². The van der Waals surface area contributed by atoms with Crippen LogP contribution in [0.25, 0.3) is 0 Å². The second-order valence-electron chi connectivity index (χ2n) is 4.76. The summed E-state index contributed by atoms with van der Waals surface area (Å²) in [6.45, 7) is 1.96. The van der Waals surface area contributed by atoms with Gasteiger partial charge in [-0.2, -0.15) is 5.10 Å². The summed E-state index contributed by atoms with van der Waals surface area (Å²) in [5, 5.41) is 13.6. The summed E-state index contributed by atoms with van der Waals surface area (Å²) < 4.78 is 10.3. The van der Waals surface area contributed by atoms with Crippen LogP contribution in [0.1, 0.15) is 21.5 Å². The Hall–Kier alpha value is -3.02. The number of methoxy groups -OCH3 is 2. The molecule has 0 fully saturated rings. The molecule has 120 valence electrons. The molecular formula is C17H18N2O4. The summed E-state index contributed by atoms with van der Waals surface area (Å²) in [5.74, 6) is -0.591. The highest BCUT2D eigenvalue weighted by Crippen LogP contribution is 2.32. The molecule has 6 heteroatoms. The third-order valence-corrected chi connectivity index (χ3v) is 3.33. The maximum Gasteiger partial charge on any atom is 0.340 e. The molecule has 0 bridgehead atoms. The van der Waals surface area contributed by atoms with E-state index in [0.29, 0.717) is 11.3 Å². The number of benzene rings is 2.